The highest BCUT2D eigenvalue weighted by molar-refractivity contribution is 9.10. The van der Waals surface area contributed by atoms with Gasteiger partial charge in [0.05, 0.1) is 4.47 Å². The maximum absolute atomic E-state index is 13.8. The van der Waals surface area contributed by atoms with Crippen LogP contribution in [-0.4, -0.2) is 42.0 Å². The summed E-state index contributed by atoms with van der Waals surface area (Å²) in [6, 6.07) is 3.76. The fourth-order valence-corrected chi connectivity index (χ4v) is 2.67. The minimum Gasteiger partial charge on any atom is -0.298 e. The summed E-state index contributed by atoms with van der Waals surface area (Å²) < 4.78 is 27.4. The monoisotopic (exact) mass is 332 g/mol. The van der Waals surface area contributed by atoms with Crippen molar-refractivity contribution in [2.24, 2.45) is 0 Å². The molecule has 0 unspecified atom stereocenters. The summed E-state index contributed by atoms with van der Waals surface area (Å²) in [6.45, 7) is 8.60. The predicted octanol–water partition coefficient (Wildman–Crippen LogP) is 3.25. The number of rotatable bonds is 3. The van der Waals surface area contributed by atoms with Gasteiger partial charge in [0.25, 0.3) is 0 Å². The molecule has 0 saturated carbocycles. The van der Waals surface area contributed by atoms with Crippen LogP contribution in [0.4, 0.5) is 8.78 Å². The van der Waals surface area contributed by atoms with Crippen LogP contribution in [0, 0.1) is 11.6 Å². The molecule has 2 rings (SSSR count). The van der Waals surface area contributed by atoms with E-state index in [1.165, 1.54) is 0 Å². The fraction of sp³-hybridized carbons (Fsp3) is 0.571. The highest BCUT2D eigenvalue weighted by Gasteiger charge is 2.20. The van der Waals surface area contributed by atoms with E-state index in [0.717, 1.165) is 26.2 Å². The summed E-state index contributed by atoms with van der Waals surface area (Å²) in [7, 11) is 0. The van der Waals surface area contributed by atoms with Gasteiger partial charge in [-0.05, 0) is 35.8 Å². The topological polar surface area (TPSA) is 6.48 Å². The molecule has 0 aliphatic carbocycles. The van der Waals surface area contributed by atoms with Crippen LogP contribution in [-0.2, 0) is 6.54 Å². The number of piperazine rings is 1. The van der Waals surface area contributed by atoms with Crippen molar-refractivity contribution >= 4 is 15.9 Å². The Balaban J connectivity index is 1.98. The van der Waals surface area contributed by atoms with Crippen LogP contribution in [0.5, 0.6) is 0 Å². The average molecular weight is 333 g/mol. The first-order valence-electron chi connectivity index (χ1n) is 6.58. The molecule has 0 aromatic heterocycles. The summed E-state index contributed by atoms with van der Waals surface area (Å²) >= 11 is 2.99. The lowest BCUT2D eigenvalue weighted by Gasteiger charge is -2.37. The van der Waals surface area contributed by atoms with Crippen molar-refractivity contribution in [3.05, 3.63) is 33.8 Å². The summed E-state index contributed by atoms with van der Waals surface area (Å²) in [4.78, 5) is 4.57. The summed E-state index contributed by atoms with van der Waals surface area (Å²) in [5.74, 6) is -1.53. The van der Waals surface area contributed by atoms with E-state index in [0.29, 0.717) is 18.2 Å². The maximum Gasteiger partial charge on any atom is 0.173 e. The van der Waals surface area contributed by atoms with Gasteiger partial charge < -0.3 is 0 Å². The second-order valence-corrected chi connectivity index (χ2v) is 6.09. The van der Waals surface area contributed by atoms with Crippen LogP contribution in [0.3, 0.4) is 0 Å². The minimum absolute atomic E-state index is 0.179. The van der Waals surface area contributed by atoms with Gasteiger partial charge in [0.2, 0.25) is 0 Å². The van der Waals surface area contributed by atoms with E-state index >= 15 is 0 Å². The normalized spacial score (nSPS) is 18.2. The molecule has 1 aliphatic heterocycles. The van der Waals surface area contributed by atoms with Gasteiger partial charge in [0, 0.05) is 44.3 Å². The van der Waals surface area contributed by atoms with Crippen molar-refractivity contribution in [2.45, 2.75) is 26.4 Å². The Morgan fingerprint density at radius 3 is 2.32 bits per heavy atom. The Labute approximate surface area is 121 Å². The van der Waals surface area contributed by atoms with Gasteiger partial charge in [-0.1, -0.05) is 6.07 Å². The number of nitrogens with zero attached hydrogens (tertiary/aromatic N) is 2. The van der Waals surface area contributed by atoms with Crippen molar-refractivity contribution in [3.8, 4) is 0 Å². The zero-order chi connectivity index (χ0) is 14.0. The van der Waals surface area contributed by atoms with Gasteiger partial charge in [-0.25, -0.2) is 8.78 Å². The summed E-state index contributed by atoms with van der Waals surface area (Å²) in [5, 5.41) is 0. The van der Waals surface area contributed by atoms with Crippen molar-refractivity contribution in [1.82, 2.24) is 9.80 Å². The molecule has 1 aromatic rings. The van der Waals surface area contributed by atoms with Crippen LogP contribution in [0.25, 0.3) is 0 Å². The zero-order valence-corrected chi connectivity index (χ0v) is 12.9. The van der Waals surface area contributed by atoms with Crippen molar-refractivity contribution in [1.29, 1.82) is 0 Å². The molecular weight excluding hydrogens is 314 g/mol. The van der Waals surface area contributed by atoms with E-state index in [4.69, 9.17) is 0 Å². The van der Waals surface area contributed by atoms with E-state index in [1.54, 1.807) is 12.1 Å². The smallest absolute Gasteiger partial charge is 0.173 e. The SMILES string of the molecule is CC(C)N1CCN(Cc2ccc(Br)c(F)c2F)CC1. The molecule has 1 fully saturated rings. The van der Waals surface area contributed by atoms with Gasteiger partial charge in [0.15, 0.2) is 11.6 Å². The molecule has 0 N–H and O–H groups in total. The quantitative estimate of drug-likeness (QED) is 0.784. The standard InChI is InChI=1S/C14H19BrF2N2/c1-10(2)19-7-5-18(6-8-19)9-11-3-4-12(15)14(17)13(11)16/h3-4,10H,5-9H2,1-2H3. The van der Waals surface area contributed by atoms with Gasteiger partial charge >= 0.3 is 0 Å². The van der Waals surface area contributed by atoms with E-state index in [2.05, 4.69) is 39.6 Å². The fourth-order valence-electron chi connectivity index (χ4n) is 2.37. The van der Waals surface area contributed by atoms with Gasteiger partial charge in [-0.2, -0.15) is 0 Å². The molecule has 106 valence electrons. The van der Waals surface area contributed by atoms with Crippen LogP contribution in [0.2, 0.25) is 0 Å². The van der Waals surface area contributed by atoms with Gasteiger partial charge in [-0.15, -0.1) is 0 Å². The summed E-state index contributed by atoms with van der Waals surface area (Å²) in [6.07, 6.45) is 0. The van der Waals surface area contributed by atoms with Crippen molar-refractivity contribution < 1.29 is 8.78 Å². The second-order valence-electron chi connectivity index (χ2n) is 5.24. The zero-order valence-electron chi connectivity index (χ0n) is 11.3. The van der Waals surface area contributed by atoms with E-state index < -0.39 is 11.6 Å². The highest BCUT2D eigenvalue weighted by Crippen LogP contribution is 2.22. The first kappa shape index (κ1) is 14.9. The van der Waals surface area contributed by atoms with Gasteiger partial charge in [-0.3, -0.25) is 9.80 Å². The Bertz CT molecular complexity index is 443. The third kappa shape index (κ3) is 3.52. The largest absolute Gasteiger partial charge is 0.298 e. The first-order valence-corrected chi connectivity index (χ1v) is 7.37. The van der Waals surface area contributed by atoms with Crippen molar-refractivity contribution in [2.75, 3.05) is 26.2 Å². The molecule has 0 bridgehead atoms. The van der Waals surface area contributed by atoms with E-state index in [9.17, 15) is 8.78 Å². The number of benzene rings is 1. The maximum atomic E-state index is 13.8. The van der Waals surface area contributed by atoms with Crippen LogP contribution < -0.4 is 0 Å². The van der Waals surface area contributed by atoms with E-state index in [-0.39, 0.29) is 4.47 Å². The minimum atomic E-state index is -0.793. The predicted molar refractivity (Wildman–Crippen MR) is 76.0 cm³/mol. The molecule has 0 radical (unpaired) electrons. The Morgan fingerprint density at radius 2 is 1.74 bits per heavy atom. The lowest BCUT2D eigenvalue weighted by Crippen LogP contribution is -2.48. The average Bonchev–Trinajstić information content (AvgIpc) is 2.40. The second kappa shape index (κ2) is 6.29. The van der Waals surface area contributed by atoms with Crippen LogP contribution in [0.1, 0.15) is 19.4 Å². The highest BCUT2D eigenvalue weighted by atomic mass is 79.9. The summed E-state index contributed by atoms with van der Waals surface area (Å²) in [5.41, 5.74) is 0.429. The Kier molecular flexibility index (Phi) is 4.92. The Morgan fingerprint density at radius 1 is 1.11 bits per heavy atom. The first-order chi connectivity index (χ1) is 8.99. The molecule has 0 atom stereocenters. The molecule has 2 nitrogen and oxygen atoms in total. The molecule has 1 aromatic carbocycles. The van der Waals surface area contributed by atoms with Gasteiger partial charge in [0.1, 0.15) is 0 Å². The molecule has 1 saturated heterocycles. The van der Waals surface area contributed by atoms with Crippen molar-refractivity contribution in [3.63, 3.8) is 0 Å². The molecule has 19 heavy (non-hydrogen) atoms. The lowest BCUT2D eigenvalue weighted by molar-refractivity contribution is 0.103. The number of hydrogen-bond acceptors (Lipinski definition) is 2. The molecule has 0 spiro atoms. The molecular formula is C14H19BrF2N2. The lowest BCUT2D eigenvalue weighted by atomic mass is 10.1. The number of hydrogen-bond donors (Lipinski definition) is 0. The molecule has 0 amide bonds. The molecule has 1 aliphatic rings. The van der Waals surface area contributed by atoms with E-state index in [1.807, 2.05) is 0 Å². The Hall–Kier alpha value is -0.520. The van der Waals surface area contributed by atoms with Crippen LogP contribution in [0.15, 0.2) is 16.6 Å². The number of halogens is 3. The third-order valence-corrected chi connectivity index (χ3v) is 4.26. The third-order valence-electron chi connectivity index (χ3n) is 3.65. The van der Waals surface area contributed by atoms with Crippen LogP contribution >= 0.6 is 15.9 Å². The molecule has 5 heteroatoms. The molecule has 1 heterocycles.